The number of nitrogens with one attached hydrogen (secondary N) is 1. The van der Waals surface area contributed by atoms with E-state index in [1.54, 1.807) is 7.11 Å². The SMILES string of the molecule is COc1nnc(Cl)c(C)c1NCc1ccc(C(C)(C)C)cc1. The average Bonchev–Trinajstić information content (AvgIpc) is 2.48. The van der Waals surface area contributed by atoms with E-state index in [0.29, 0.717) is 17.6 Å². The van der Waals surface area contributed by atoms with E-state index in [1.807, 2.05) is 6.92 Å². The highest BCUT2D eigenvalue weighted by molar-refractivity contribution is 6.30. The summed E-state index contributed by atoms with van der Waals surface area (Å²) < 4.78 is 5.24. The molecule has 0 aliphatic rings. The van der Waals surface area contributed by atoms with E-state index >= 15 is 0 Å². The molecule has 22 heavy (non-hydrogen) atoms. The van der Waals surface area contributed by atoms with E-state index in [-0.39, 0.29) is 5.41 Å². The number of methoxy groups -OCH3 is 1. The molecule has 1 heterocycles. The standard InChI is InChI=1S/C17H22ClN3O/c1-11-14(16(22-5)21-20-15(11)18)19-10-12-6-8-13(9-7-12)17(2,3)4/h6-9H,10H2,1-5H3,(H,19,20). The number of benzene rings is 1. The first-order chi connectivity index (χ1) is 10.3. The molecule has 0 unspecified atom stereocenters. The molecule has 0 spiro atoms. The Morgan fingerprint density at radius 3 is 2.32 bits per heavy atom. The largest absolute Gasteiger partial charge is 0.478 e. The molecule has 1 aromatic heterocycles. The van der Waals surface area contributed by atoms with Crippen molar-refractivity contribution in [1.29, 1.82) is 0 Å². The van der Waals surface area contributed by atoms with E-state index in [2.05, 4.69) is 60.6 Å². The van der Waals surface area contributed by atoms with Crippen LogP contribution < -0.4 is 10.1 Å². The molecular formula is C17H22ClN3O. The molecule has 0 aliphatic carbocycles. The number of anilines is 1. The van der Waals surface area contributed by atoms with Gasteiger partial charge in [0.2, 0.25) is 0 Å². The molecule has 0 aliphatic heterocycles. The molecule has 2 aromatic rings. The molecule has 0 atom stereocenters. The first kappa shape index (κ1) is 16.6. The third kappa shape index (κ3) is 3.69. The Balaban J connectivity index is 2.15. The molecule has 1 N–H and O–H groups in total. The normalized spacial score (nSPS) is 11.4. The van der Waals surface area contributed by atoms with Gasteiger partial charge in [0.25, 0.3) is 5.88 Å². The van der Waals surface area contributed by atoms with Crippen molar-refractivity contribution in [2.75, 3.05) is 12.4 Å². The van der Waals surface area contributed by atoms with Crippen molar-refractivity contribution >= 4 is 17.3 Å². The van der Waals surface area contributed by atoms with Gasteiger partial charge in [0.15, 0.2) is 5.15 Å². The number of hydrogen-bond donors (Lipinski definition) is 1. The van der Waals surface area contributed by atoms with Gasteiger partial charge >= 0.3 is 0 Å². The highest BCUT2D eigenvalue weighted by Crippen LogP contribution is 2.29. The Labute approximate surface area is 136 Å². The maximum Gasteiger partial charge on any atom is 0.257 e. The molecule has 4 nitrogen and oxygen atoms in total. The van der Waals surface area contributed by atoms with Crippen LogP contribution in [0.5, 0.6) is 5.88 Å². The molecule has 0 radical (unpaired) electrons. The van der Waals surface area contributed by atoms with Gasteiger partial charge < -0.3 is 10.1 Å². The zero-order valence-electron chi connectivity index (χ0n) is 13.7. The molecule has 0 bridgehead atoms. The highest BCUT2D eigenvalue weighted by atomic mass is 35.5. The fraction of sp³-hybridized carbons (Fsp3) is 0.412. The number of hydrogen-bond acceptors (Lipinski definition) is 4. The van der Waals surface area contributed by atoms with Gasteiger partial charge in [0.1, 0.15) is 5.69 Å². The Kier molecular flexibility index (Phi) is 4.91. The molecule has 0 saturated carbocycles. The Hall–Kier alpha value is -1.81. The zero-order valence-corrected chi connectivity index (χ0v) is 14.5. The second kappa shape index (κ2) is 6.53. The molecular weight excluding hydrogens is 298 g/mol. The fourth-order valence-corrected chi connectivity index (χ4v) is 2.27. The number of halogens is 1. The molecule has 118 valence electrons. The smallest absolute Gasteiger partial charge is 0.257 e. The van der Waals surface area contributed by atoms with Gasteiger partial charge in [-0.1, -0.05) is 56.6 Å². The number of aromatic nitrogens is 2. The highest BCUT2D eigenvalue weighted by Gasteiger charge is 2.14. The first-order valence-corrected chi connectivity index (χ1v) is 7.61. The summed E-state index contributed by atoms with van der Waals surface area (Å²) in [4.78, 5) is 0. The summed E-state index contributed by atoms with van der Waals surface area (Å²) in [5.74, 6) is 0.452. The lowest BCUT2D eigenvalue weighted by Gasteiger charge is -2.19. The molecule has 0 amide bonds. The molecule has 1 aromatic carbocycles. The van der Waals surface area contributed by atoms with Crippen LogP contribution in [0.2, 0.25) is 5.15 Å². The number of nitrogens with zero attached hydrogens (tertiary/aromatic N) is 2. The average molecular weight is 320 g/mol. The van der Waals surface area contributed by atoms with Crippen LogP contribution in [-0.4, -0.2) is 17.3 Å². The second-order valence-corrected chi connectivity index (χ2v) is 6.66. The van der Waals surface area contributed by atoms with Gasteiger partial charge in [-0.2, -0.15) is 0 Å². The van der Waals surface area contributed by atoms with Crippen LogP contribution in [0, 0.1) is 6.92 Å². The van der Waals surface area contributed by atoms with Crippen molar-refractivity contribution in [1.82, 2.24) is 10.2 Å². The van der Waals surface area contributed by atoms with Crippen LogP contribution in [0.1, 0.15) is 37.5 Å². The maximum absolute atomic E-state index is 6.03. The predicted octanol–water partition coefficient (Wildman–Crippen LogP) is 4.36. The quantitative estimate of drug-likeness (QED) is 0.909. The van der Waals surface area contributed by atoms with Gasteiger partial charge in [-0.15, -0.1) is 10.2 Å². The van der Waals surface area contributed by atoms with Gasteiger partial charge in [0.05, 0.1) is 7.11 Å². The summed E-state index contributed by atoms with van der Waals surface area (Å²) >= 11 is 6.03. The van der Waals surface area contributed by atoms with Crippen LogP contribution in [0.15, 0.2) is 24.3 Å². The van der Waals surface area contributed by atoms with Crippen LogP contribution in [0.4, 0.5) is 5.69 Å². The van der Waals surface area contributed by atoms with Crippen LogP contribution in [-0.2, 0) is 12.0 Å². The minimum absolute atomic E-state index is 0.161. The lowest BCUT2D eigenvalue weighted by atomic mass is 9.87. The number of rotatable bonds is 4. The summed E-state index contributed by atoms with van der Waals surface area (Å²) in [5.41, 5.74) is 4.28. The maximum atomic E-state index is 6.03. The molecule has 0 fully saturated rings. The van der Waals surface area contributed by atoms with Crippen molar-refractivity contribution in [3.05, 3.63) is 46.1 Å². The van der Waals surface area contributed by atoms with Crippen molar-refractivity contribution in [3.8, 4) is 5.88 Å². The fourth-order valence-electron chi connectivity index (χ4n) is 2.14. The van der Waals surface area contributed by atoms with Gasteiger partial charge in [-0.25, -0.2) is 0 Å². The van der Waals surface area contributed by atoms with Crippen molar-refractivity contribution in [2.45, 2.75) is 39.7 Å². The summed E-state index contributed by atoms with van der Waals surface area (Å²) in [7, 11) is 1.57. The Morgan fingerprint density at radius 1 is 1.14 bits per heavy atom. The minimum atomic E-state index is 0.161. The van der Waals surface area contributed by atoms with Crippen LogP contribution >= 0.6 is 11.6 Å². The van der Waals surface area contributed by atoms with E-state index in [9.17, 15) is 0 Å². The number of ether oxygens (including phenoxy) is 1. The summed E-state index contributed by atoms with van der Waals surface area (Å²) in [6.45, 7) is 9.19. The zero-order chi connectivity index (χ0) is 16.3. The Bertz CT molecular complexity index is 648. The monoisotopic (exact) mass is 319 g/mol. The second-order valence-electron chi connectivity index (χ2n) is 6.30. The van der Waals surface area contributed by atoms with E-state index in [1.165, 1.54) is 11.1 Å². The summed E-state index contributed by atoms with van der Waals surface area (Å²) in [5, 5.41) is 11.5. The third-order valence-electron chi connectivity index (χ3n) is 3.61. The van der Waals surface area contributed by atoms with Gasteiger partial charge in [0, 0.05) is 12.1 Å². The lowest BCUT2D eigenvalue weighted by molar-refractivity contribution is 0.393. The summed E-state index contributed by atoms with van der Waals surface area (Å²) in [6, 6.07) is 8.59. The third-order valence-corrected chi connectivity index (χ3v) is 3.97. The lowest BCUT2D eigenvalue weighted by Crippen LogP contribution is -2.11. The molecule has 2 rings (SSSR count). The molecule has 0 saturated heterocycles. The van der Waals surface area contributed by atoms with E-state index < -0.39 is 0 Å². The van der Waals surface area contributed by atoms with E-state index in [4.69, 9.17) is 16.3 Å². The van der Waals surface area contributed by atoms with Crippen molar-refractivity contribution in [2.24, 2.45) is 0 Å². The van der Waals surface area contributed by atoms with Crippen molar-refractivity contribution < 1.29 is 4.74 Å². The van der Waals surface area contributed by atoms with Gasteiger partial charge in [-0.05, 0) is 23.5 Å². The van der Waals surface area contributed by atoms with E-state index in [0.717, 1.165) is 11.3 Å². The topological polar surface area (TPSA) is 47.0 Å². The van der Waals surface area contributed by atoms with Crippen LogP contribution in [0.3, 0.4) is 0 Å². The van der Waals surface area contributed by atoms with Gasteiger partial charge in [-0.3, -0.25) is 0 Å². The molecule has 5 heteroatoms. The summed E-state index contributed by atoms with van der Waals surface area (Å²) in [6.07, 6.45) is 0. The van der Waals surface area contributed by atoms with Crippen LogP contribution in [0.25, 0.3) is 0 Å². The first-order valence-electron chi connectivity index (χ1n) is 7.23. The predicted molar refractivity (Wildman–Crippen MR) is 90.8 cm³/mol. The Morgan fingerprint density at radius 2 is 1.77 bits per heavy atom. The van der Waals surface area contributed by atoms with Crippen molar-refractivity contribution in [3.63, 3.8) is 0 Å². The minimum Gasteiger partial charge on any atom is -0.478 e.